The SMILES string of the molecule is CCn1nc(C)c(Cl)c1CC(N)C1Cc2ccccc21. The monoisotopic (exact) mass is 289 g/mol. The van der Waals surface area contributed by atoms with E-state index in [2.05, 4.69) is 36.3 Å². The zero-order chi connectivity index (χ0) is 14.3. The first kappa shape index (κ1) is 13.7. The maximum atomic E-state index is 6.43. The van der Waals surface area contributed by atoms with Gasteiger partial charge in [-0.25, -0.2) is 0 Å². The number of aryl methyl sites for hydroxylation is 2. The summed E-state index contributed by atoms with van der Waals surface area (Å²) in [5.74, 6) is 0.447. The lowest BCUT2D eigenvalue weighted by Gasteiger charge is -2.34. The van der Waals surface area contributed by atoms with Crippen LogP contribution in [0.5, 0.6) is 0 Å². The molecule has 2 N–H and O–H groups in total. The molecule has 3 nitrogen and oxygen atoms in total. The molecule has 2 unspecified atom stereocenters. The molecule has 2 aromatic rings. The highest BCUT2D eigenvalue weighted by molar-refractivity contribution is 6.31. The predicted molar refractivity (Wildman–Crippen MR) is 82.2 cm³/mol. The molecule has 1 aliphatic rings. The molecule has 1 aliphatic carbocycles. The Kier molecular flexibility index (Phi) is 3.57. The van der Waals surface area contributed by atoms with Crippen LogP contribution in [-0.2, 0) is 19.4 Å². The van der Waals surface area contributed by atoms with Gasteiger partial charge < -0.3 is 5.73 Å². The smallest absolute Gasteiger partial charge is 0.0847 e. The number of fused-ring (bicyclic) bond motifs is 1. The van der Waals surface area contributed by atoms with Crippen LogP contribution in [0.3, 0.4) is 0 Å². The fourth-order valence-corrected chi connectivity index (χ4v) is 3.32. The normalized spacial score (nSPS) is 18.5. The van der Waals surface area contributed by atoms with Crippen LogP contribution >= 0.6 is 11.6 Å². The molecule has 0 saturated heterocycles. The van der Waals surface area contributed by atoms with Crippen LogP contribution < -0.4 is 5.73 Å². The second-order valence-electron chi connectivity index (χ2n) is 5.54. The van der Waals surface area contributed by atoms with Crippen LogP contribution in [0.15, 0.2) is 24.3 Å². The van der Waals surface area contributed by atoms with Crippen molar-refractivity contribution in [3.05, 3.63) is 51.8 Å². The number of halogens is 1. The Balaban J connectivity index is 1.80. The molecule has 0 amide bonds. The maximum absolute atomic E-state index is 6.43. The minimum absolute atomic E-state index is 0.101. The van der Waals surface area contributed by atoms with Crippen molar-refractivity contribution in [2.45, 2.75) is 45.2 Å². The van der Waals surface area contributed by atoms with Crippen molar-refractivity contribution in [1.29, 1.82) is 0 Å². The van der Waals surface area contributed by atoms with Crippen LogP contribution in [0, 0.1) is 6.92 Å². The van der Waals surface area contributed by atoms with Crippen molar-refractivity contribution in [2.24, 2.45) is 5.73 Å². The molecule has 3 rings (SSSR count). The second kappa shape index (κ2) is 5.23. The largest absolute Gasteiger partial charge is 0.327 e. The first-order valence-electron chi connectivity index (χ1n) is 7.17. The molecule has 0 fully saturated rings. The Labute approximate surface area is 124 Å². The van der Waals surface area contributed by atoms with Gasteiger partial charge in [0.25, 0.3) is 0 Å². The van der Waals surface area contributed by atoms with E-state index in [9.17, 15) is 0 Å². The lowest BCUT2D eigenvalue weighted by molar-refractivity contribution is 0.465. The molecule has 0 radical (unpaired) electrons. The summed E-state index contributed by atoms with van der Waals surface area (Å²) in [7, 11) is 0. The molecular weight excluding hydrogens is 270 g/mol. The molecule has 20 heavy (non-hydrogen) atoms. The fraction of sp³-hybridized carbons (Fsp3) is 0.438. The average Bonchev–Trinajstić information content (AvgIpc) is 2.68. The van der Waals surface area contributed by atoms with Gasteiger partial charge in [-0.1, -0.05) is 35.9 Å². The quantitative estimate of drug-likeness (QED) is 0.940. The summed E-state index contributed by atoms with van der Waals surface area (Å²) in [5.41, 5.74) is 11.2. The number of benzene rings is 1. The summed E-state index contributed by atoms with van der Waals surface area (Å²) in [6, 6.07) is 8.65. The highest BCUT2D eigenvalue weighted by atomic mass is 35.5. The molecule has 0 saturated carbocycles. The Hall–Kier alpha value is -1.32. The lowest BCUT2D eigenvalue weighted by atomic mass is 9.73. The van der Waals surface area contributed by atoms with Gasteiger partial charge in [-0.3, -0.25) is 4.68 Å². The Morgan fingerprint density at radius 1 is 1.45 bits per heavy atom. The number of nitrogens with two attached hydrogens (primary N) is 1. The Bertz CT molecular complexity index is 633. The summed E-state index contributed by atoms with van der Waals surface area (Å²) in [6.45, 7) is 4.86. The predicted octanol–water partition coefficient (Wildman–Crippen LogP) is 3.07. The highest BCUT2D eigenvalue weighted by Gasteiger charge is 2.31. The van der Waals surface area contributed by atoms with Gasteiger partial charge in [0.2, 0.25) is 0 Å². The number of hydrogen-bond acceptors (Lipinski definition) is 2. The van der Waals surface area contributed by atoms with E-state index in [1.807, 2.05) is 11.6 Å². The highest BCUT2D eigenvalue weighted by Crippen LogP contribution is 2.38. The summed E-state index contributed by atoms with van der Waals surface area (Å²) in [4.78, 5) is 0. The number of aromatic nitrogens is 2. The van der Waals surface area contributed by atoms with Crippen molar-refractivity contribution in [3.8, 4) is 0 Å². The van der Waals surface area contributed by atoms with E-state index >= 15 is 0 Å². The third-order valence-corrected chi connectivity index (χ3v) is 4.78. The van der Waals surface area contributed by atoms with Crippen molar-refractivity contribution >= 4 is 11.6 Å². The summed E-state index contributed by atoms with van der Waals surface area (Å²) >= 11 is 6.36. The molecule has 0 spiro atoms. The summed E-state index contributed by atoms with van der Waals surface area (Å²) < 4.78 is 1.97. The van der Waals surface area contributed by atoms with Crippen LogP contribution in [-0.4, -0.2) is 15.8 Å². The van der Waals surface area contributed by atoms with Gasteiger partial charge >= 0.3 is 0 Å². The molecule has 1 heterocycles. The van der Waals surface area contributed by atoms with Crippen LogP contribution in [0.2, 0.25) is 5.02 Å². The third kappa shape index (κ3) is 2.15. The van der Waals surface area contributed by atoms with E-state index in [0.29, 0.717) is 5.92 Å². The van der Waals surface area contributed by atoms with E-state index in [1.165, 1.54) is 11.1 Å². The first-order chi connectivity index (χ1) is 9.61. The fourth-order valence-electron chi connectivity index (χ4n) is 3.11. The zero-order valence-corrected chi connectivity index (χ0v) is 12.7. The molecule has 0 aliphatic heterocycles. The minimum Gasteiger partial charge on any atom is -0.327 e. The summed E-state index contributed by atoms with van der Waals surface area (Å²) in [6.07, 6.45) is 1.86. The maximum Gasteiger partial charge on any atom is 0.0847 e. The van der Waals surface area contributed by atoms with E-state index < -0.39 is 0 Å². The van der Waals surface area contributed by atoms with Crippen molar-refractivity contribution in [3.63, 3.8) is 0 Å². The lowest BCUT2D eigenvalue weighted by Crippen LogP contribution is -2.37. The second-order valence-corrected chi connectivity index (χ2v) is 5.92. The van der Waals surface area contributed by atoms with Gasteiger partial charge in [-0.05, 0) is 31.4 Å². The molecule has 1 aromatic carbocycles. The Morgan fingerprint density at radius 2 is 2.20 bits per heavy atom. The Morgan fingerprint density at radius 3 is 2.90 bits per heavy atom. The topological polar surface area (TPSA) is 43.8 Å². The number of rotatable bonds is 4. The van der Waals surface area contributed by atoms with Gasteiger partial charge in [-0.15, -0.1) is 0 Å². The van der Waals surface area contributed by atoms with Crippen molar-refractivity contribution < 1.29 is 0 Å². The van der Waals surface area contributed by atoms with E-state index in [4.69, 9.17) is 17.3 Å². The van der Waals surface area contributed by atoms with Crippen molar-refractivity contribution in [2.75, 3.05) is 0 Å². The molecule has 1 aromatic heterocycles. The van der Waals surface area contributed by atoms with Gasteiger partial charge in [0.05, 0.1) is 16.4 Å². The zero-order valence-electron chi connectivity index (χ0n) is 11.9. The van der Waals surface area contributed by atoms with Gasteiger partial charge in [0.1, 0.15) is 0 Å². The first-order valence-corrected chi connectivity index (χ1v) is 7.54. The molecule has 4 heteroatoms. The van der Waals surface area contributed by atoms with Crippen molar-refractivity contribution in [1.82, 2.24) is 9.78 Å². The van der Waals surface area contributed by atoms with Gasteiger partial charge in [0, 0.05) is 24.9 Å². The molecule has 106 valence electrons. The van der Waals surface area contributed by atoms with Crippen LogP contribution in [0.25, 0.3) is 0 Å². The van der Waals surface area contributed by atoms with Gasteiger partial charge in [0.15, 0.2) is 0 Å². The van der Waals surface area contributed by atoms with Gasteiger partial charge in [-0.2, -0.15) is 5.10 Å². The molecular formula is C16H20ClN3. The summed E-state index contributed by atoms with van der Waals surface area (Å²) in [5, 5.41) is 5.23. The van der Waals surface area contributed by atoms with E-state index in [-0.39, 0.29) is 6.04 Å². The third-order valence-electron chi connectivity index (χ3n) is 4.29. The van der Waals surface area contributed by atoms with E-state index in [1.54, 1.807) is 0 Å². The van der Waals surface area contributed by atoms with Crippen LogP contribution in [0.1, 0.15) is 35.4 Å². The van der Waals surface area contributed by atoms with Crippen LogP contribution in [0.4, 0.5) is 0 Å². The minimum atomic E-state index is 0.101. The average molecular weight is 290 g/mol. The molecule has 0 bridgehead atoms. The standard InChI is InChI=1S/C16H20ClN3/c1-3-20-15(16(17)10(2)19-20)9-14(18)13-8-11-6-4-5-7-12(11)13/h4-7,13-14H,3,8-9,18H2,1-2H3. The number of nitrogens with zero attached hydrogens (tertiary/aromatic N) is 2. The number of hydrogen-bond donors (Lipinski definition) is 1. The van der Waals surface area contributed by atoms with E-state index in [0.717, 1.165) is 35.8 Å². The molecule has 2 atom stereocenters.